The van der Waals surface area contributed by atoms with Crippen LogP contribution in [-0.4, -0.2) is 18.1 Å². The molecular formula is C17H17N3O2S2. The first-order valence-electron chi connectivity index (χ1n) is 7.35. The van der Waals surface area contributed by atoms with Crippen molar-refractivity contribution in [3.05, 3.63) is 57.9 Å². The summed E-state index contributed by atoms with van der Waals surface area (Å²) in [6.45, 7) is 1.86. The largest absolute Gasteiger partial charge is 0.497 e. The van der Waals surface area contributed by atoms with Gasteiger partial charge in [-0.3, -0.25) is 4.79 Å². The molecular weight excluding hydrogens is 342 g/mol. The number of anilines is 1. The van der Waals surface area contributed by atoms with Crippen LogP contribution in [0.2, 0.25) is 0 Å². The van der Waals surface area contributed by atoms with Crippen molar-refractivity contribution in [3.8, 4) is 5.75 Å². The zero-order valence-electron chi connectivity index (χ0n) is 13.3. The molecule has 0 spiro atoms. The van der Waals surface area contributed by atoms with Gasteiger partial charge in [-0.1, -0.05) is 6.07 Å². The molecule has 0 unspecified atom stereocenters. The van der Waals surface area contributed by atoms with E-state index in [0.29, 0.717) is 16.4 Å². The topological polar surface area (TPSA) is 62.4 Å². The van der Waals surface area contributed by atoms with E-state index >= 15 is 0 Å². The summed E-state index contributed by atoms with van der Waals surface area (Å²) in [5.74, 6) is 0.574. The number of thiocarbonyl (C=S) groups is 1. The average molecular weight is 359 g/mol. The Hall–Kier alpha value is -2.38. The molecule has 3 N–H and O–H groups in total. The van der Waals surface area contributed by atoms with Gasteiger partial charge >= 0.3 is 0 Å². The van der Waals surface area contributed by atoms with Gasteiger partial charge in [-0.05, 0) is 54.9 Å². The lowest BCUT2D eigenvalue weighted by Crippen LogP contribution is -2.45. The highest BCUT2D eigenvalue weighted by Gasteiger charge is 2.30. The number of carbonyl (C=O) groups is 1. The molecule has 3 rings (SSSR count). The number of carbonyl (C=O) groups excluding carboxylic acids is 1. The van der Waals surface area contributed by atoms with Crippen molar-refractivity contribution in [3.63, 3.8) is 0 Å². The lowest BCUT2D eigenvalue weighted by atomic mass is 10.0. The minimum Gasteiger partial charge on any atom is -0.497 e. The number of allylic oxidation sites excluding steroid dienone is 1. The molecule has 1 aliphatic rings. The number of ether oxygens (including phenoxy) is 1. The third kappa shape index (κ3) is 3.42. The minimum atomic E-state index is -0.253. The molecule has 0 saturated heterocycles. The standard InChI is InChI=1S/C17H17N3O2S2/c1-10-14(15(20-17(23)18-10)13-4-3-9-24-13)16(21)19-11-5-7-12(22-2)8-6-11/h3-9,15H,1-2H3,(H,19,21)(H2,18,20,23)/t15-/m0/s1. The summed E-state index contributed by atoms with van der Waals surface area (Å²) in [5, 5.41) is 11.6. The van der Waals surface area contributed by atoms with Gasteiger partial charge in [0.25, 0.3) is 5.91 Å². The smallest absolute Gasteiger partial charge is 0.255 e. The molecule has 1 aliphatic heterocycles. The first-order valence-corrected chi connectivity index (χ1v) is 8.64. The summed E-state index contributed by atoms with van der Waals surface area (Å²) in [7, 11) is 1.61. The van der Waals surface area contributed by atoms with Gasteiger partial charge in [0.05, 0.1) is 18.7 Å². The van der Waals surface area contributed by atoms with Crippen LogP contribution < -0.4 is 20.7 Å². The van der Waals surface area contributed by atoms with E-state index in [-0.39, 0.29) is 11.9 Å². The van der Waals surface area contributed by atoms with Crippen molar-refractivity contribution in [2.24, 2.45) is 0 Å². The van der Waals surface area contributed by atoms with Gasteiger partial charge in [0.1, 0.15) is 5.75 Å². The summed E-state index contributed by atoms with van der Waals surface area (Å²) in [5.41, 5.74) is 2.09. The number of thiophene rings is 1. The second-order valence-corrected chi connectivity index (χ2v) is 6.66. The van der Waals surface area contributed by atoms with Gasteiger partial charge < -0.3 is 20.7 Å². The van der Waals surface area contributed by atoms with Crippen LogP contribution in [0.1, 0.15) is 17.8 Å². The molecule has 1 atom stereocenters. The van der Waals surface area contributed by atoms with Crippen molar-refractivity contribution in [1.82, 2.24) is 10.6 Å². The zero-order valence-corrected chi connectivity index (χ0v) is 14.9. The highest BCUT2D eigenvalue weighted by atomic mass is 32.1. The lowest BCUT2D eigenvalue weighted by molar-refractivity contribution is -0.113. The van der Waals surface area contributed by atoms with E-state index in [9.17, 15) is 4.79 Å². The SMILES string of the molecule is COc1ccc(NC(=O)C2=C(C)NC(=S)N[C@H]2c2cccs2)cc1. The van der Waals surface area contributed by atoms with Gasteiger partial charge in [-0.25, -0.2) is 0 Å². The number of rotatable bonds is 4. The zero-order chi connectivity index (χ0) is 17.1. The van der Waals surface area contributed by atoms with Gasteiger partial charge in [0, 0.05) is 16.3 Å². The van der Waals surface area contributed by atoms with Crippen LogP contribution in [-0.2, 0) is 4.79 Å². The number of hydrogen-bond donors (Lipinski definition) is 3. The first kappa shape index (κ1) is 16.5. The third-order valence-corrected chi connectivity index (χ3v) is 4.85. The van der Waals surface area contributed by atoms with Crippen LogP contribution in [0.5, 0.6) is 5.75 Å². The van der Waals surface area contributed by atoms with E-state index in [1.54, 1.807) is 42.7 Å². The highest BCUT2D eigenvalue weighted by molar-refractivity contribution is 7.80. The van der Waals surface area contributed by atoms with E-state index in [1.165, 1.54) is 0 Å². The number of benzene rings is 1. The second-order valence-electron chi connectivity index (χ2n) is 5.27. The number of methoxy groups -OCH3 is 1. The molecule has 0 bridgehead atoms. The Kier molecular flexibility index (Phi) is 4.82. The van der Waals surface area contributed by atoms with Crippen LogP contribution in [0.3, 0.4) is 0 Å². The summed E-state index contributed by atoms with van der Waals surface area (Å²) < 4.78 is 5.13. The van der Waals surface area contributed by atoms with Gasteiger partial charge in [0.2, 0.25) is 0 Å². The molecule has 0 fully saturated rings. The maximum Gasteiger partial charge on any atom is 0.255 e. The fraction of sp³-hybridized carbons (Fsp3) is 0.176. The van der Waals surface area contributed by atoms with E-state index in [0.717, 1.165) is 16.3 Å². The molecule has 0 saturated carbocycles. The van der Waals surface area contributed by atoms with Crippen LogP contribution in [0, 0.1) is 0 Å². The van der Waals surface area contributed by atoms with Crippen LogP contribution in [0.25, 0.3) is 0 Å². The van der Waals surface area contributed by atoms with Crippen molar-refractivity contribution < 1.29 is 9.53 Å². The monoisotopic (exact) mass is 359 g/mol. The lowest BCUT2D eigenvalue weighted by Gasteiger charge is -2.29. The fourth-order valence-corrected chi connectivity index (χ4v) is 3.59. The Balaban J connectivity index is 1.87. The molecule has 0 aliphatic carbocycles. The molecule has 2 aromatic rings. The highest BCUT2D eigenvalue weighted by Crippen LogP contribution is 2.30. The third-order valence-electron chi connectivity index (χ3n) is 3.69. The quantitative estimate of drug-likeness (QED) is 0.732. The summed E-state index contributed by atoms with van der Waals surface area (Å²) in [6.07, 6.45) is 0. The summed E-state index contributed by atoms with van der Waals surface area (Å²) in [4.78, 5) is 13.9. The van der Waals surface area contributed by atoms with E-state index in [2.05, 4.69) is 16.0 Å². The molecule has 124 valence electrons. The van der Waals surface area contributed by atoms with Gasteiger partial charge in [-0.15, -0.1) is 11.3 Å². The molecule has 2 heterocycles. The molecule has 7 heteroatoms. The van der Waals surface area contributed by atoms with E-state index in [4.69, 9.17) is 17.0 Å². The first-order chi connectivity index (χ1) is 11.6. The normalized spacial score (nSPS) is 17.1. The fourth-order valence-electron chi connectivity index (χ4n) is 2.54. The molecule has 5 nitrogen and oxygen atoms in total. The van der Waals surface area contributed by atoms with E-state index < -0.39 is 0 Å². The molecule has 1 amide bonds. The minimum absolute atomic E-state index is 0.168. The van der Waals surface area contributed by atoms with Gasteiger partial charge in [-0.2, -0.15) is 0 Å². The molecule has 1 aromatic carbocycles. The van der Waals surface area contributed by atoms with Gasteiger partial charge in [0.15, 0.2) is 5.11 Å². The Bertz CT molecular complexity index is 783. The predicted molar refractivity (Wildman–Crippen MR) is 100 cm³/mol. The summed E-state index contributed by atoms with van der Waals surface area (Å²) in [6, 6.07) is 10.9. The maximum atomic E-state index is 12.8. The van der Waals surface area contributed by atoms with Crippen molar-refractivity contribution >= 4 is 40.3 Å². The Morgan fingerprint density at radius 2 is 2.04 bits per heavy atom. The Labute approximate surface area is 149 Å². The average Bonchev–Trinajstić information content (AvgIpc) is 3.09. The Morgan fingerprint density at radius 1 is 1.29 bits per heavy atom. The molecule has 0 radical (unpaired) electrons. The summed E-state index contributed by atoms with van der Waals surface area (Å²) >= 11 is 6.82. The predicted octanol–water partition coefficient (Wildman–Crippen LogP) is 3.19. The number of amides is 1. The molecule has 24 heavy (non-hydrogen) atoms. The van der Waals surface area contributed by atoms with Crippen LogP contribution in [0.4, 0.5) is 5.69 Å². The van der Waals surface area contributed by atoms with Crippen LogP contribution >= 0.6 is 23.6 Å². The van der Waals surface area contributed by atoms with Crippen molar-refractivity contribution in [2.45, 2.75) is 13.0 Å². The molecule has 1 aromatic heterocycles. The maximum absolute atomic E-state index is 12.8. The second kappa shape index (κ2) is 7.02. The van der Waals surface area contributed by atoms with Crippen molar-refractivity contribution in [1.29, 1.82) is 0 Å². The number of nitrogens with one attached hydrogen (secondary N) is 3. The van der Waals surface area contributed by atoms with E-state index in [1.807, 2.05) is 24.4 Å². The number of hydrogen-bond acceptors (Lipinski definition) is 4. The van der Waals surface area contributed by atoms with Crippen LogP contribution in [0.15, 0.2) is 53.0 Å². The van der Waals surface area contributed by atoms with Crippen molar-refractivity contribution in [2.75, 3.05) is 12.4 Å². The Morgan fingerprint density at radius 3 is 2.67 bits per heavy atom.